The number of methoxy groups -OCH3 is 1. The SMILES string of the molecule is COc1ccc(NC(=O)CCCOc2ccc(C(C)C)c(C)c2)cc1. The molecule has 0 saturated heterocycles. The highest BCUT2D eigenvalue weighted by Gasteiger charge is 2.06. The van der Waals surface area contributed by atoms with E-state index in [1.165, 1.54) is 11.1 Å². The number of amides is 1. The highest BCUT2D eigenvalue weighted by Crippen LogP contribution is 2.23. The van der Waals surface area contributed by atoms with Crippen LogP contribution in [0.15, 0.2) is 42.5 Å². The average Bonchev–Trinajstić information content (AvgIpc) is 2.59. The highest BCUT2D eigenvalue weighted by atomic mass is 16.5. The first kappa shape index (κ1) is 18.8. The summed E-state index contributed by atoms with van der Waals surface area (Å²) in [5, 5.41) is 2.87. The predicted octanol–water partition coefficient (Wildman–Crippen LogP) is 4.92. The average molecular weight is 341 g/mol. The van der Waals surface area contributed by atoms with E-state index in [-0.39, 0.29) is 5.91 Å². The number of rotatable bonds is 8. The molecule has 1 N–H and O–H groups in total. The Morgan fingerprint density at radius 1 is 1.08 bits per heavy atom. The number of ether oxygens (including phenoxy) is 2. The van der Waals surface area contributed by atoms with Gasteiger partial charge in [0.05, 0.1) is 13.7 Å². The largest absolute Gasteiger partial charge is 0.497 e. The molecule has 0 spiro atoms. The molecule has 4 nitrogen and oxygen atoms in total. The molecule has 0 aliphatic heterocycles. The topological polar surface area (TPSA) is 47.6 Å². The van der Waals surface area contributed by atoms with Crippen LogP contribution in [0.1, 0.15) is 43.7 Å². The van der Waals surface area contributed by atoms with Crippen molar-refractivity contribution in [3.63, 3.8) is 0 Å². The van der Waals surface area contributed by atoms with Crippen LogP contribution >= 0.6 is 0 Å². The van der Waals surface area contributed by atoms with Crippen LogP contribution in [0.25, 0.3) is 0 Å². The van der Waals surface area contributed by atoms with Gasteiger partial charge in [-0.1, -0.05) is 19.9 Å². The van der Waals surface area contributed by atoms with Crippen molar-refractivity contribution in [1.29, 1.82) is 0 Å². The molecule has 0 heterocycles. The van der Waals surface area contributed by atoms with E-state index >= 15 is 0 Å². The third kappa shape index (κ3) is 5.82. The molecular weight excluding hydrogens is 314 g/mol. The van der Waals surface area contributed by atoms with Gasteiger partial charge in [-0.15, -0.1) is 0 Å². The lowest BCUT2D eigenvalue weighted by Gasteiger charge is -2.12. The molecule has 1 amide bonds. The fourth-order valence-corrected chi connectivity index (χ4v) is 2.71. The summed E-state index contributed by atoms with van der Waals surface area (Å²) in [7, 11) is 1.62. The third-order valence-corrected chi connectivity index (χ3v) is 4.05. The number of hydrogen-bond acceptors (Lipinski definition) is 3. The van der Waals surface area contributed by atoms with Gasteiger partial charge in [-0.05, 0) is 66.8 Å². The summed E-state index contributed by atoms with van der Waals surface area (Å²) >= 11 is 0. The van der Waals surface area contributed by atoms with Crippen molar-refractivity contribution in [1.82, 2.24) is 0 Å². The zero-order chi connectivity index (χ0) is 18.2. The van der Waals surface area contributed by atoms with E-state index in [0.717, 1.165) is 17.2 Å². The molecule has 0 aliphatic rings. The van der Waals surface area contributed by atoms with E-state index in [1.807, 2.05) is 30.3 Å². The van der Waals surface area contributed by atoms with Gasteiger partial charge in [0.2, 0.25) is 5.91 Å². The molecule has 4 heteroatoms. The smallest absolute Gasteiger partial charge is 0.224 e. The summed E-state index contributed by atoms with van der Waals surface area (Å²) in [5.41, 5.74) is 3.35. The summed E-state index contributed by atoms with van der Waals surface area (Å²) in [5.74, 6) is 2.12. The Kier molecular flexibility index (Phi) is 6.87. The molecule has 0 radical (unpaired) electrons. The van der Waals surface area contributed by atoms with E-state index < -0.39 is 0 Å². The molecule has 0 bridgehead atoms. The molecule has 0 aliphatic carbocycles. The van der Waals surface area contributed by atoms with Gasteiger partial charge >= 0.3 is 0 Å². The monoisotopic (exact) mass is 341 g/mol. The van der Waals surface area contributed by atoms with Gasteiger partial charge in [0.15, 0.2) is 0 Å². The van der Waals surface area contributed by atoms with Crippen LogP contribution in [0.3, 0.4) is 0 Å². The zero-order valence-corrected chi connectivity index (χ0v) is 15.5. The Bertz CT molecular complexity index is 693. The zero-order valence-electron chi connectivity index (χ0n) is 15.5. The number of aryl methyl sites for hydroxylation is 1. The van der Waals surface area contributed by atoms with Crippen LogP contribution in [-0.4, -0.2) is 19.6 Å². The van der Waals surface area contributed by atoms with Crippen molar-refractivity contribution < 1.29 is 14.3 Å². The molecule has 25 heavy (non-hydrogen) atoms. The minimum Gasteiger partial charge on any atom is -0.497 e. The van der Waals surface area contributed by atoms with Gasteiger partial charge in [-0.2, -0.15) is 0 Å². The van der Waals surface area contributed by atoms with E-state index in [2.05, 4.69) is 38.2 Å². The molecule has 0 saturated carbocycles. The van der Waals surface area contributed by atoms with Crippen LogP contribution in [0.5, 0.6) is 11.5 Å². The molecule has 2 aromatic carbocycles. The van der Waals surface area contributed by atoms with Gasteiger partial charge in [-0.25, -0.2) is 0 Å². The van der Waals surface area contributed by atoms with Crippen molar-refractivity contribution in [2.24, 2.45) is 0 Å². The second-order valence-electron chi connectivity index (χ2n) is 6.40. The molecule has 0 unspecified atom stereocenters. The maximum Gasteiger partial charge on any atom is 0.224 e. The van der Waals surface area contributed by atoms with Gasteiger partial charge < -0.3 is 14.8 Å². The summed E-state index contributed by atoms with van der Waals surface area (Å²) < 4.78 is 10.9. The third-order valence-electron chi connectivity index (χ3n) is 4.05. The van der Waals surface area contributed by atoms with Crippen molar-refractivity contribution >= 4 is 11.6 Å². The first-order valence-electron chi connectivity index (χ1n) is 8.67. The van der Waals surface area contributed by atoms with Gasteiger partial charge in [0, 0.05) is 12.1 Å². The van der Waals surface area contributed by atoms with Gasteiger partial charge in [0.25, 0.3) is 0 Å². The van der Waals surface area contributed by atoms with E-state index in [1.54, 1.807) is 7.11 Å². The summed E-state index contributed by atoms with van der Waals surface area (Å²) in [6.45, 7) is 7.00. The minimum absolute atomic E-state index is 0.0138. The Balaban J connectivity index is 1.73. The first-order valence-corrected chi connectivity index (χ1v) is 8.67. The van der Waals surface area contributed by atoms with Crippen LogP contribution in [0.4, 0.5) is 5.69 Å². The Labute approximate surface area is 150 Å². The molecule has 0 fully saturated rings. The summed E-state index contributed by atoms with van der Waals surface area (Å²) in [6.07, 6.45) is 1.10. The number of carbonyl (C=O) groups excluding carboxylic acids is 1. The fraction of sp³-hybridized carbons (Fsp3) is 0.381. The number of benzene rings is 2. The van der Waals surface area contributed by atoms with E-state index in [4.69, 9.17) is 9.47 Å². The van der Waals surface area contributed by atoms with Crippen LogP contribution in [0, 0.1) is 6.92 Å². The molecular formula is C21H27NO3. The minimum atomic E-state index is -0.0138. The Hall–Kier alpha value is -2.49. The van der Waals surface area contributed by atoms with Crippen LogP contribution < -0.4 is 14.8 Å². The van der Waals surface area contributed by atoms with Gasteiger partial charge in [-0.3, -0.25) is 4.79 Å². The number of anilines is 1. The maximum atomic E-state index is 12.0. The van der Waals surface area contributed by atoms with E-state index in [9.17, 15) is 4.79 Å². The number of hydrogen-bond donors (Lipinski definition) is 1. The number of carbonyl (C=O) groups is 1. The fourth-order valence-electron chi connectivity index (χ4n) is 2.71. The number of nitrogens with one attached hydrogen (secondary N) is 1. The second-order valence-corrected chi connectivity index (χ2v) is 6.40. The normalized spacial score (nSPS) is 10.6. The molecule has 2 aromatic rings. The summed E-state index contributed by atoms with van der Waals surface area (Å²) in [6, 6.07) is 13.5. The maximum absolute atomic E-state index is 12.0. The lowest BCUT2D eigenvalue weighted by molar-refractivity contribution is -0.116. The van der Waals surface area contributed by atoms with E-state index in [0.29, 0.717) is 25.4 Å². The van der Waals surface area contributed by atoms with Crippen molar-refractivity contribution in [2.75, 3.05) is 19.0 Å². The summed E-state index contributed by atoms with van der Waals surface area (Å²) in [4.78, 5) is 12.0. The molecule has 2 rings (SSSR count). The highest BCUT2D eigenvalue weighted by molar-refractivity contribution is 5.90. The lowest BCUT2D eigenvalue weighted by Crippen LogP contribution is -2.12. The standard InChI is InChI=1S/C21H27NO3/c1-15(2)20-12-11-19(14-16(20)3)25-13-5-6-21(23)22-17-7-9-18(24-4)10-8-17/h7-12,14-15H,5-6,13H2,1-4H3,(H,22,23). The van der Waals surface area contributed by atoms with Crippen LogP contribution in [0.2, 0.25) is 0 Å². The van der Waals surface area contributed by atoms with Crippen molar-refractivity contribution in [2.45, 2.75) is 39.5 Å². The van der Waals surface area contributed by atoms with Crippen LogP contribution in [-0.2, 0) is 4.79 Å². The molecule has 0 atom stereocenters. The second kappa shape index (κ2) is 9.11. The van der Waals surface area contributed by atoms with Crippen molar-refractivity contribution in [3.05, 3.63) is 53.6 Å². The van der Waals surface area contributed by atoms with Gasteiger partial charge in [0.1, 0.15) is 11.5 Å². The molecule has 134 valence electrons. The Morgan fingerprint density at radius 2 is 1.76 bits per heavy atom. The van der Waals surface area contributed by atoms with Crippen molar-refractivity contribution in [3.8, 4) is 11.5 Å². The molecule has 0 aromatic heterocycles. The quantitative estimate of drug-likeness (QED) is 0.693. The first-order chi connectivity index (χ1) is 12.0. The Morgan fingerprint density at radius 3 is 2.36 bits per heavy atom. The lowest BCUT2D eigenvalue weighted by atomic mass is 9.98. The predicted molar refractivity (Wildman–Crippen MR) is 102 cm³/mol.